The molecule has 1 fully saturated rings. The number of carboxylic acid groups (broad SMARTS) is 1. The standard InChI is InChI=1S/C19H37NO5S/c1-26(24,25)20(16-10-6-3-7-12-18(21)22)17-11-15-19(23)13-8-4-2-5-9-14-19/h23H,2-17H2,1H3,(H,21,22). The molecule has 1 aliphatic carbocycles. The van der Waals surface area contributed by atoms with E-state index in [9.17, 15) is 18.3 Å². The van der Waals surface area contributed by atoms with Crippen molar-refractivity contribution in [2.24, 2.45) is 0 Å². The normalized spacial score (nSPS) is 18.4. The van der Waals surface area contributed by atoms with E-state index in [4.69, 9.17) is 5.11 Å². The maximum absolute atomic E-state index is 12.0. The fourth-order valence-electron chi connectivity index (χ4n) is 3.76. The maximum atomic E-state index is 12.0. The van der Waals surface area contributed by atoms with Gasteiger partial charge >= 0.3 is 5.97 Å². The molecule has 1 rings (SSSR count). The van der Waals surface area contributed by atoms with Crippen molar-refractivity contribution in [2.45, 2.75) is 95.5 Å². The molecule has 0 saturated heterocycles. The van der Waals surface area contributed by atoms with Gasteiger partial charge in [0.05, 0.1) is 11.9 Å². The van der Waals surface area contributed by atoms with Crippen LogP contribution in [0.4, 0.5) is 0 Å². The first kappa shape index (κ1) is 23.4. The Morgan fingerprint density at radius 1 is 0.923 bits per heavy atom. The van der Waals surface area contributed by atoms with Gasteiger partial charge in [0.15, 0.2) is 0 Å². The molecule has 7 heteroatoms. The summed E-state index contributed by atoms with van der Waals surface area (Å²) >= 11 is 0. The third-order valence-corrected chi connectivity index (χ3v) is 6.65. The van der Waals surface area contributed by atoms with Crippen LogP contribution in [0.25, 0.3) is 0 Å². The zero-order valence-corrected chi connectivity index (χ0v) is 17.1. The van der Waals surface area contributed by atoms with Crippen molar-refractivity contribution < 1.29 is 23.4 Å². The number of carbonyl (C=O) groups is 1. The molecule has 26 heavy (non-hydrogen) atoms. The Balaban J connectivity index is 2.34. The summed E-state index contributed by atoms with van der Waals surface area (Å²) in [5.74, 6) is -0.782. The predicted molar refractivity (Wildman–Crippen MR) is 104 cm³/mol. The van der Waals surface area contributed by atoms with Gasteiger partial charge in [0, 0.05) is 19.5 Å². The van der Waals surface area contributed by atoms with Gasteiger partial charge in [0.1, 0.15) is 0 Å². The number of carboxylic acids is 1. The monoisotopic (exact) mass is 391 g/mol. The van der Waals surface area contributed by atoms with Crippen molar-refractivity contribution in [2.75, 3.05) is 19.3 Å². The van der Waals surface area contributed by atoms with Crippen LogP contribution >= 0.6 is 0 Å². The van der Waals surface area contributed by atoms with E-state index in [1.54, 1.807) is 0 Å². The molecule has 0 radical (unpaired) electrons. The Morgan fingerprint density at radius 3 is 2.04 bits per heavy atom. The van der Waals surface area contributed by atoms with Crippen molar-refractivity contribution in [3.63, 3.8) is 0 Å². The lowest BCUT2D eigenvalue weighted by atomic mass is 9.84. The van der Waals surface area contributed by atoms with Gasteiger partial charge in [-0.3, -0.25) is 4.79 Å². The van der Waals surface area contributed by atoms with E-state index in [1.807, 2.05) is 0 Å². The Kier molecular flexibility index (Phi) is 10.7. The molecule has 0 atom stereocenters. The van der Waals surface area contributed by atoms with Gasteiger partial charge in [0.25, 0.3) is 0 Å². The molecule has 1 saturated carbocycles. The lowest BCUT2D eigenvalue weighted by Crippen LogP contribution is -2.35. The highest BCUT2D eigenvalue weighted by Crippen LogP contribution is 2.30. The zero-order chi connectivity index (χ0) is 19.5. The predicted octanol–water partition coefficient (Wildman–Crippen LogP) is 3.54. The summed E-state index contributed by atoms with van der Waals surface area (Å²) in [5.41, 5.74) is -0.625. The Morgan fingerprint density at radius 2 is 1.46 bits per heavy atom. The molecule has 0 spiro atoms. The summed E-state index contributed by atoms with van der Waals surface area (Å²) < 4.78 is 25.5. The average molecular weight is 392 g/mol. The zero-order valence-electron chi connectivity index (χ0n) is 16.3. The topological polar surface area (TPSA) is 94.9 Å². The summed E-state index contributed by atoms with van der Waals surface area (Å²) in [7, 11) is -3.25. The number of hydrogen-bond donors (Lipinski definition) is 2. The largest absolute Gasteiger partial charge is 0.481 e. The van der Waals surface area contributed by atoms with Crippen LogP contribution in [-0.4, -0.2) is 53.9 Å². The number of hydrogen-bond acceptors (Lipinski definition) is 4. The summed E-state index contributed by atoms with van der Waals surface area (Å²) in [6.07, 6.45) is 13.2. The van der Waals surface area contributed by atoms with Crippen molar-refractivity contribution in [3.8, 4) is 0 Å². The van der Waals surface area contributed by atoms with Gasteiger partial charge in [-0.25, -0.2) is 12.7 Å². The molecule has 0 aliphatic heterocycles. The molecule has 0 aromatic carbocycles. The molecule has 0 unspecified atom stereocenters. The fraction of sp³-hybridized carbons (Fsp3) is 0.947. The van der Waals surface area contributed by atoms with Crippen LogP contribution < -0.4 is 0 Å². The van der Waals surface area contributed by atoms with Crippen LogP contribution in [0.5, 0.6) is 0 Å². The van der Waals surface area contributed by atoms with Crippen LogP contribution in [0.1, 0.15) is 89.9 Å². The third kappa shape index (κ3) is 10.5. The maximum Gasteiger partial charge on any atom is 0.303 e. The molecule has 0 amide bonds. The van der Waals surface area contributed by atoms with Gasteiger partial charge in [-0.2, -0.15) is 0 Å². The van der Waals surface area contributed by atoms with Crippen LogP contribution in [0.15, 0.2) is 0 Å². The third-order valence-electron chi connectivity index (χ3n) is 5.35. The fourth-order valence-corrected chi connectivity index (χ4v) is 4.68. The first-order valence-electron chi connectivity index (χ1n) is 10.1. The second-order valence-electron chi connectivity index (χ2n) is 7.82. The van der Waals surface area contributed by atoms with Gasteiger partial charge in [-0.05, 0) is 38.5 Å². The smallest absolute Gasteiger partial charge is 0.303 e. The molecular formula is C19H37NO5S. The molecule has 1 aliphatic rings. The Labute approximate surface area is 159 Å². The number of aliphatic carboxylic acids is 1. The summed E-state index contributed by atoms with van der Waals surface area (Å²) in [6, 6.07) is 0. The van der Waals surface area contributed by atoms with Crippen LogP contribution in [0, 0.1) is 0 Å². The molecule has 154 valence electrons. The molecular weight excluding hydrogens is 354 g/mol. The van der Waals surface area contributed by atoms with Gasteiger partial charge < -0.3 is 10.2 Å². The highest BCUT2D eigenvalue weighted by atomic mass is 32.2. The van der Waals surface area contributed by atoms with E-state index in [0.717, 1.165) is 44.9 Å². The average Bonchev–Trinajstić information content (AvgIpc) is 2.51. The number of nitrogens with zero attached hydrogens (tertiary/aromatic N) is 1. The van der Waals surface area contributed by atoms with Gasteiger partial charge in [0.2, 0.25) is 10.0 Å². The number of unbranched alkanes of at least 4 members (excludes halogenated alkanes) is 3. The second-order valence-corrected chi connectivity index (χ2v) is 9.80. The van der Waals surface area contributed by atoms with E-state index in [-0.39, 0.29) is 6.42 Å². The highest BCUT2D eigenvalue weighted by molar-refractivity contribution is 7.88. The van der Waals surface area contributed by atoms with Gasteiger partial charge in [-0.1, -0.05) is 44.9 Å². The number of aliphatic hydroxyl groups is 1. The van der Waals surface area contributed by atoms with Crippen LogP contribution in [0.2, 0.25) is 0 Å². The van der Waals surface area contributed by atoms with Crippen molar-refractivity contribution in [1.29, 1.82) is 0 Å². The first-order valence-corrected chi connectivity index (χ1v) is 12.0. The lowest BCUT2D eigenvalue weighted by Gasteiger charge is -2.31. The highest BCUT2D eigenvalue weighted by Gasteiger charge is 2.27. The van der Waals surface area contributed by atoms with E-state index < -0.39 is 21.6 Å². The Hall–Kier alpha value is -0.660. The minimum absolute atomic E-state index is 0.175. The Bertz CT molecular complexity index is 498. The van der Waals surface area contributed by atoms with E-state index in [2.05, 4.69) is 0 Å². The molecule has 6 nitrogen and oxygen atoms in total. The second kappa shape index (κ2) is 11.9. The van der Waals surface area contributed by atoms with Crippen molar-refractivity contribution in [1.82, 2.24) is 4.31 Å². The summed E-state index contributed by atoms with van der Waals surface area (Å²) in [4.78, 5) is 10.5. The minimum atomic E-state index is -3.25. The molecule has 0 bridgehead atoms. The molecule has 0 heterocycles. The number of sulfonamides is 1. The quantitative estimate of drug-likeness (QED) is 0.496. The SMILES string of the molecule is CS(=O)(=O)N(CCCCCCC(=O)O)CCCC1(O)CCCCCCC1. The lowest BCUT2D eigenvalue weighted by molar-refractivity contribution is -0.137. The van der Waals surface area contributed by atoms with E-state index >= 15 is 0 Å². The van der Waals surface area contributed by atoms with Gasteiger partial charge in [-0.15, -0.1) is 0 Å². The first-order chi connectivity index (χ1) is 12.2. The van der Waals surface area contributed by atoms with E-state index in [0.29, 0.717) is 32.4 Å². The summed E-state index contributed by atoms with van der Waals surface area (Å²) in [5, 5.41) is 19.4. The van der Waals surface area contributed by atoms with Crippen LogP contribution in [0.3, 0.4) is 0 Å². The number of rotatable bonds is 12. The summed E-state index contributed by atoms with van der Waals surface area (Å²) in [6.45, 7) is 0.931. The van der Waals surface area contributed by atoms with Crippen LogP contribution in [-0.2, 0) is 14.8 Å². The molecule has 0 aromatic rings. The van der Waals surface area contributed by atoms with E-state index in [1.165, 1.54) is 29.8 Å². The van der Waals surface area contributed by atoms with Crippen molar-refractivity contribution in [3.05, 3.63) is 0 Å². The van der Waals surface area contributed by atoms with Crippen molar-refractivity contribution >= 4 is 16.0 Å². The molecule has 2 N–H and O–H groups in total. The molecule has 0 aromatic heterocycles. The minimum Gasteiger partial charge on any atom is -0.481 e.